The Labute approximate surface area is 140 Å². The first-order chi connectivity index (χ1) is 11.1. The number of aryl methyl sites for hydroxylation is 1. The Morgan fingerprint density at radius 1 is 1.39 bits per heavy atom. The summed E-state index contributed by atoms with van der Waals surface area (Å²) in [6.07, 6.45) is 7.86. The van der Waals surface area contributed by atoms with Gasteiger partial charge in [-0.05, 0) is 37.8 Å². The van der Waals surface area contributed by atoms with Gasteiger partial charge in [-0.2, -0.15) is 0 Å². The molecule has 2 N–H and O–H groups in total. The van der Waals surface area contributed by atoms with Gasteiger partial charge in [0.2, 0.25) is 0 Å². The highest BCUT2D eigenvalue weighted by molar-refractivity contribution is 5.80. The van der Waals surface area contributed by atoms with Gasteiger partial charge in [0.05, 0.1) is 6.10 Å². The lowest BCUT2D eigenvalue weighted by molar-refractivity contribution is -0.133. The summed E-state index contributed by atoms with van der Waals surface area (Å²) in [6, 6.07) is 2.55. The van der Waals surface area contributed by atoms with E-state index in [1.54, 1.807) is 0 Å². The minimum absolute atomic E-state index is 0.223. The predicted octanol–water partition coefficient (Wildman–Crippen LogP) is 2.67. The SMILES string of the molecule is CCOC1CC(NC(=NC)NCc2ccn(C)c2)C1(CC)CC. The number of nitrogens with zero attached hydrogens (tertiary/aromatic N) is 2. The zero-order chi connectivity index (χ0) is 16.9. The van der Waals surface area contributed by atoms with Crippen molar-refractivity contribution in [1.29, 1.82) is 0 Å². The Morgan fingerprint density at radius 3 is 2.65 bits per heavy atom. The van der Waals surface area contributed by atoms with Crippen molar-refractivity contribution >= 4 is 5.96 Å². The van der Waals surface area contributed by atoms with E-state index in [1.807, 2.05) is 14.1 Å². The van der Waals surface area contributed by atoms with Crippen molar-refractivity contribution < 1.29 is 4.74 Å². The van der Waals surface area contributed by atoms with Crippen LogP contribution in [0.5, 0.6) is 0 Å². The van der Waals surface area contributed by atoms with Crippen LogP contribution in [0.1, 0.15) is 45.6 Å². The number of hydrogen-bond donors (Lipinski definition) is 2. The number of guanidine groups is 1. The molecule has 1 saturated carbocycles. The van der Waals surface area contributed by atoms with E-state index in [9.17, 15) is 0 Å². The van der Waals surface area contributed by atoms with Crippen LogP contribution in [0.15, 0.2) is 23.5 Å². The fourth-order valence-electron chi connectivity index (χ4n) is 3.79. The Hall–Kier alpha value is -1.49. The molecule has 5 heteroatoms. The molecule has 1 fully saturated rings. The zero-order valence-electron chi connectivity index (χ0n) is 15.2. The highest BCUT2D eigenvalue weighted by Crippen LogP contribution is 2.48. The third-order valence-electron chi connectivity index (χ3n) is 5.36. The molecule has 0 saturated heterocycles. The van der Waals surface area contributed by atoms with Crippen LogP contribution in [0, 0.1) is 5.41 Å². The molecule has 0 amide bonds. The molecule has 0 spiro atoms. The molecule has 2 unspecified atom stereocenters. The number of aromatic nitrogens is 1. The van der Waals surface area contributed by atoms with Crippen LogP contribution in [-0.2, 0) is 18.3 Å². The Balaban J connectivity index is 1.93. The van der Waals surface area contributed by atoms with E-state index in [4.69, 9.17) is 4.74 Å². The predicted molar refractivity (Wildman–Crippen MR) is 95.6 cm³/mol. The van der Waals surface area contributed by atoms with Crippen molar-refractivity contribution in [1.82, 2.24) is 15.2 Å². The molecule has 1 aromatic heterocycles. The molecule has 23 heavy (non-hydrogen) atoms. The second-order valence-corrected chi connectivity index (χ2v) is 6.43. The van der Waals surface area contributed by atoms with Crippen LogP contribution < -0.4 is 10.6 Å². The molecule has 1 aliphatic carbocycles. The summed E-state index contributed by atoms with van der Waals surface area (Å²) in [6.45, 7) is 8.19. The third kappa shape index (κ3) is 3.71. The highest BCUT2D eigenvalue weighted by atomic mass is 16.5. The molecule has 5 nitrogen and oxygen atoms in total. The average Bonchev–Trinajstić information content (AvgIpc) is 2.96. The summed E-state index contributed by atoms with van der Waals surface area (Å²) in [5.41, 5.74) is 1.48. The molecule has 0 aliphatic heterocycles. The molecule has 2 rings (SSSR count). The standard InChI is InChI=1S/C18H32N4O/c1-6-18(7-2)15(11-16(18)23-8-3)21-17(19-4)20-12-14-9-10-22(5)13-14/h9-10,13,15-16H,6-8,11-12H2,1-5H3,(H2,19,20,21). The summed E-state index contributed by atoms with van der Waals surface area (Å²) in [4.78, 5) is 4.38. The monoisotopic (exact) mass is 320 g/mol. The summed E-state index contributed by atoms with van der Waals surface area (Å²) in [7, 11) is 3.87. The summed E-state index contributed by atoms with van der Waals surface area (Å²) >= 11 is 0. The molecule has 130 valence electrons. The minimum atomic E-state index is 0.223. The van der Waals surface area contributed by atoms with Crippen molar-refractivity contribution in [3.05, 3.63) is 24.0 Å². The Bertz CT molecular complexity index is 519. The van der Waals surface area contributed by atoms with Crippen LogP contribution in [0.2, 0.25) is 0 Å². The normalized spacial score (nSPS) is 23.4. The van der Waals surface area contributed by atoms with E-state index in [1.165, 1.54) is 5.56 Å². The maximum Gasteiger partial charge on any atom is 0.191 e. The molecule has 1 heterocycles. The molecule has 1 aliphatic rings. The molecular weight excluding hydrogens is 288 g/mol. The lowest BCUT2D eigenvalue weighted by Crippen LogP contribution is -2.65. The molecule has 1 aromatic rings. The van der Waals surface area contributed by atoms with Crippen molar-refractivity contribution in [3.63, 3.8) is 0 Å². The van der Waals surface area contributed by atoms with Crippen molar-refractivity contribution in [2.24, 2.45) is 17.5 Å². The first-order valence-electron chi connectivity index (χ1n) is 8.79. The van der Waals surface area contributed by atoms with E-state index in [-0.39, 0.29) is 5.41 Å². The molecule has 0 aromatic carbocycles. The van der Waals surface area contributed by atoms with Gasteiger partial charge in [-0.25, -0.2) is 0 Å². The minimum Gasteiger partial charge on any atom is -0.378 e. The first-order valence-corrected chi connectivity index (χ1v) is 8.79. The van der Waals surface area contributed by atoms with E-state index in [2.05, 4.69) is 59.4 Å². The van der Waals surface area contributed by atoms with E-state index < -0.39 is 0 Å². The Kier molecular flexibility index (Phi) is 6.10. The van der Waals surface area contributed by atoms with Gasteiger partial charge in [-0.3, -0.25) is 4.99 Å². The number of aliphatic imine (C=N–C) groups is 1. The maximum absolute atomic E-state index is 5.95. The van der Waals surface area contributed by atoms with Gasteiger partial charge in [-0.1, -0.05) is 13.8 Å². The largest absolute Gasteiger partial charge is 0.378 e. The quantitative estimate of drug-likeness (QED) is 0.600. The van der Waals surface area contributed by atoms with Gasteiger partial charge in [0, 0.05) is 51.1 Å². The van der Waals surface area contributed by atoms with Crippen LogP contribution in [0.25, 0.3) is 0 Å². The molecule has 2 atom stereocenters. The maximum atomic E-state index is 5.95. The topological polar surface area (TPSA) is 50.6 Å². The van der Waals surface area contributed by atoms with Gasteiger partial charge in [-0.15, -0.1) is 0 Å². The molecule has 0 radical (unpaired) electrons. The van der Waals surface area contributed by atoms with Crippen molar-refractivity contribution in [2.75, 3.05) is 13.7 Å². The zero-order valence-corrected chi connectivity index (χ0v) is 15.2. The number of nitrogens with one attached hydrogen (secondary N) is 2. The smallest absolute Gasteiger partial charge is 0.191 e. The van der Waals surface area contributed by atoms with Crippen LogP contribution in [0.4, 0.5) is 0 Å². The summed E-state index contributed by atoms with van der Waals surface area (Å²) in [5, 5.41) is 7.03. The lowest BCUT2D eigenvalue weighted by atomic mass is 9.58. The van der Waals surface area contributed by atoms with E-state index in [0.29, 0.717) is 12.1 Å². The van der Waals surface area contributed by atoms with Gasteiger partial charge >= 0.3 is 0 Å². The van der Waals surface area contributed by atoms with Gasteiger partial charge in [0.1, 0.15) is 0 Å². The molecule has 0 bridgehead atoms. The van der Waals surface area contributed by atoms with Gasteiger partial charge < -0.3 is 19.9 Å². The van der Waals surface area contributed by atoms with Gasteiger partial charge in [0.25, 0.3) is 0 Å². The second-order valence-electron chi connectivity index (χ2n) is 6.43. The number of ether oxygens (including phenoxy) is 1. The Morgan fingerprint density at radius 2 is 2.13 bits per heavy atom. The average molecular weight is 320 g/mol. The summed E-state index contributed by atoms with van der Waals surface area (Å²) < 4.78 is 8.01. The lowest BCUT2D eigenvalue weighted by Gasteiger charge is -2.55. The van der Waals surface area contributed by atoms with Crippen LogP contribution >= 0.6 is 0 Å². The first kappa shape index (κ1) is 17.9. The van der Waals surface area contributed by atoms with Crippen molar-refractivity contribution in [2.45, 2.75) is 58.7 Å². The number of hydrogen-bond acceptors (Lipinski definition) is 2. The summed E-state index contributed by atoms with van der Waals surface area (Å²) in [5.74, 6) is 0.875. The van der Waals surface area contributed by atoms with Crippen molar-refractivity contribution in [3.8, 4) is 0 Å². The fraction of sp³-hybridized carbons (Fsp3) is 0.722. The van der Waals surface area contributed by atoms with E-state index in [0.717, 1.165) is 38.4 Å². The van der Waals surface area contributed by atoms with E-state index >= 15 is 0 Å². The fourth-order valence-corrected chi connectivity index (χ4v) is 3.79. The third-order valence-corrected chi connectivity index (χ3v) is 5.36. The number of rotatable bonds is 7. The highest BCUT2D eigenvalue weighted by Gasteiger charge is 2.53. The molecular formula is C18H32N4O. The van der Waals surface area contributed by atoms with Crippen LogP contribution in [-0.4, -0.2) is 36.3 Å². The second kappa shape index (κ2) is 7.86. The van der Waals surface area contributed by atoms with Gasteiger partial charge in [0.15, 0.2) is 5.96 Å². The van der Waals surface area contributed by atoms with Crippen LogP contribution in [0.3, 0.4) is 0 Å².